The monoisotopic (exact) mass is 240 g/mol. The minimum Gasteiger partial charge on any atom is -0.396 e. The van der Waals surface area contributed by atoms with Crippen molar-refractivity contribution < 1.29 is 9.90 Å². The number of hydrogen-bond acceptors (Lipinski definition) is 3. The van der Waals surface area contributed by atoms with Crippen molar-refractivity contribution in [3.8, 4) is 0 Å². The number of aliphatic hydroxyl groups excluding tert-OH is 1. The maximum absolute atomic E-state index is 11.7. The molecule has 0 radical (unpaired) electrons. The standard InChI is InChI=1S/C11H20N4O2/c1-8(2)10(4-5-16)14-11(17)13-9-6-12-15(3)7-9/h6-8,10,16H,4-5H2,1-3H3,(H2,13,14,17). The number of aryl methyl sites for hydroxylation is 1. The molecule has 1 aromatic rings. The van der Waals surface area contributed by atoms with Crippen molar-refractivity contribution in [2.24, 2.45) is 13.0 Å². The van der Waals surface area contributed by atoms with Crippen molar-refractivity contribution in [3.63, 3.8) is 0 Å². The average Bonchev–Trinajstić information content (AvgIpc) is 2.63. The Kier molecular flexibility index (Phi) is 4.96. The van der Waals surface area contributed by atoms with E-state index in [1.165, 1.54) is 0 Å². The summed E-state index contributed by atoms with van der Waals surface area (Å²) in [4.78, 5) is 11.7. The summed E-state index contributed by atoms with van der Waals surface area (Å²) in [6.45, 7) is 4.07. The molecule has 0 aromatic carbocycles. The van der Waals surface area contributed by atoms with Crippen LogP contribution in [0.25, 0.3) is 0 Å². The van der Waals surface area contributed by atoms with E-state index in [4.69, 9.17) is 5.11 Å². The highest BCUT2D eigenvalue weighted by Gasteiger charge is 2.15. The first-order valence-electron chi connectivity index (χ1n) is 5.70. The van der Waals surface area contributed by atoms with Crippen molar-refractivity contribution >= 4 is 11.7 Å². The number of anilines is 1. The van der Waals surface area contributed by atoms with Crippen LogP contribution in [0, 0.1) is 5.92 Å². The number of amides is 2. The SMILES string of the molecule is CC(C)C(CCO)NC(=O)Nc1cnn(C)c1. The first-order valence-corrected chi connectivity index (χ1v) is 5.70. The Hall–Kier alpha value is -1.56. The maximum atomic E-state index is 11.7. The van der Waals surface area contributed by atoms with Crippen LogP contribution < -0.4 is 10.6 Å². The second-order valence-corrected chi connectivity index (χ2v) is 4.36. The van der Waals surface area contributed by atoms with Crippen LogP contribution in [0.2, 0.25) is 0 Å². The van der Waals surface area contributed by atoms with Gasteiger partial charge in [0.25, 0.3) is 0 Å². The number of nitrogens with zero attached hydrogens (tertiary/aromatic N) is 2. The molecule has 0 aliphatic heterocycles. The summed E-state index contributed by atoms with van der Waals surface area (Å²) in [6, 6.07) is -0.304. The van der Waals surface area contributed by atoms with Crippen LogP contribution in [-0.4, -0.2) is 33.6 Å². The molecule has 1 aromatic heterocycles. The van der Waals surface area contributed by atoms with Crippen LogP contribution in [-0.2, 0) is 7.05 Å². The highest BCUT2D eigenvalue weighted by Crippen LogP contribution is 2.07. The first-order chi connectivity index (χ1) is 8.02. The zero-order chi connectivity index (χ0) is 12.8. The van der Waals surface area contributed by atoms with E-state index in [0.717, 1.165) is 0 Å². The van der Waals surface area contributed by atoms with Gasteiger partial charge in [0.1, 0.15) is 0 Å². The number of rotatable bonds is 5. The smallest absolute Gasteiger partial charge is 0.319 e. The molecule has 6 nitrogen and oxygen atoms in total. The van der Waals surface area contributed by atoms with Gasteiger partial charge in [-0.15, -0.1) is 0 Å². The van der Waals surface area contributed by atoms with E-state index in [0.29, 0.717) is 12.1 Å². The van der Waals surface area contributed by atoms with Gasteiger partial charge in [0.05, 0.1) is 11.9 Å². The zero-order valence-electron chi connectivity index (χ0n) is 10.5. The molecule has 6 heteroatoms. The number of hydrogen-bond donors (Lipinski definition) is 3. The second-order valence-electron chi connectivity index (χ2n) is 4.36. The second kappa shape index (κ2) is 6.24. The van der Waals surface area contributed by atoms with Gasteiger partial charge >= 0.3 is 6.03 Å². The average molecular weight is 240 g/mol. The van der Waals surface area contributed by atoms with Gasteiger partial charge in [-0.05, 0) is 12.3 Å². The Labute approximate surface area is 101 Å². The summed E-state index contributed by atoms with van der Waals surface area (Å²) in [5, 5.41) is 18.4. The number of carbonyl (C=O) groups is 1. The van der Waals surface area contributed by atoms with Gasteiger partial charge in [-0.25, -0.2) is 4.79 Å². The summed E-state index contributed by atoms with van der Waals surface area (Å²) in [5.74, 6) is 0.279. The lowest BCUT2D eigenvalue weighted by atomic mass is 10.0. The predicted octanol–water partition coefficient (Wildman–Crippen LogP) is 0.949. The number of aromatic nitrogens is 2. The third-order valence-electron chi connectivity index (χ3n) is 2.52. The van der Waals surface area contributed by atoms with Crippen LogP contribution in [0.1, 0.15) is 20.3 Å². The van der Waals surface area contributed by atoms with Gasteiger partial charge in [0.15, 0.2) is 0 Å². The van der Waals surface area contributed by atoms with Gasteiger partial charge in [-0.1, -0.05) is 13.8 Å². The Morgan fingerprint density at radius 1 is 1.59 bits per heavy atom. The van der Waals surface area contributed by atoms with Gasteiger partial charge in [0, 0.05) is 25.9 Å². The van der Waals surface area contributed by atoms with Crippen LogP contribution >= 0.6 is 0 Å². The molecular weight excluding hydrogens is 220 g/mol. The lowest BCUT2D eigenvalue weighted by molar-refractivity contribution is 0.227. The summed E-state index contributed by atoms with van der Waals surface area (Å²) < 4.78 is 1.61. The van der Waals surface area contributed by atoms with Gasteiger partial charge in [-0.2, -0.15) is 5.10 Å². The molecule has 1 unspecified atom stereocenters. The Morgan fingerprint density at radius 2 is 2.29 bits per heavy atom. The van der Waals surface area contributed by atoms with Crippen molar-refractivity contribution in [1.29, 1.82) is 0 Å². The van der Waals surface area contributed by atoms with Crippen LogP contribution in [0.3, 0.4) is 0 Å². The molecule has 0 aliphatic carbocycles. The summed E-state index contributed by atoms with van der Waals surface area (Å²) in [7, 11) is 1.78. The number of aliphatic hydroxyl groups is 1. The van der Waals surface area contributed by atoms with Gasteiger partial charge in [-0.3, -0.25) is 4.68 Å². The van der Waals surface area contributed by atoms with Crippen LogP contribution in [0.4, 0.5) is 10.5 Å². The summed E-state index contributed by atoms with van der Waals surface area (Å²) in [6.07, 6.45) is 3.85. The van der Waals surface area contributed by atoms with E-state index >= 15 is 0 Å². The lowest BCUT2D eigenvalue weighted by Crippen LogP contribution is -2.41. The molecule has 0 fully saturated rings. The quantitative estimate of drug-likeness (QED) is 0.717. The fourth-order valence-electron chi connectivity index (χ4n) is 1.53. The van der Waals surface area contributed by atoms with E-state index < -0.39 is 0 Å². The molecule has 2 amide bonds. The molecule has 0 saturated carbocycles. The van der Waals surface area contributed by atoms with Gasteiger partial charge in [0.2, 0.25) is 0 Å². The Morgan fingerprint density at radius 3 is 2.76 bits per heavy atom. The molecule has 0 saturated heterocycles. The highest BCUT2D eigenvalue weighted by atomic mass is 16.3. The van der Waals surface area contributed by atoms with Crippen molar-refractivity contribution in [2.45, 2.75) is 26.3 Å². The lowest BCUT2D eigenvalue weighted by Gasteiger charge is -2.21. The molecule has 0 spiro atoms. The zero-order valence-corrected chi connectivity index (χ0v) is 10.5. The molecule has 1 rings (SSSR count). The molecule has 3 N–H and O–H groups in total. The third-order valence-corrected chi connectivity index (χ3v) is 2.52. The summed E-state index contributed by atoms with van der Waals surface area (Å²) >= 11 is 0. The number of nitrogens with one attached hydrogen (secondary N) is 2. The van der Waals surface area contributed by atoms with E-state index in [-0.39, 0.29) is 24.6 Å². The highest BCUT2D eigenvalue weighted by molar-refractivity contribution is 5.89. The first kappa shape index (κ1) is 13.5. The topological polar surface area (TPSA) is 79.2 Å². The van der Waals surface area contributed by atoms with Crippen molar-refractivity contribution in [3.05, 3.63) is 12.4 Å². The number of urea groups is 1. The Bertz CT molecular complexity index is 362. The molecule has 0 bridgehead atoms. The maximum Gasteiger partial charge on any atom is 0.319 e. The molecule has 1 atom stereocenters. The van der Waals surface area contributed by atoms with E-state index in [1.807, 2.05) is 13.8 Å². The third kappa shape index (κ3) is 4.44. The summed E-state index contributed by atoms with van der Waals surface area (Å²) in [5.41, 5.74) is 0.650. The van der Waals surface area contributed by atoms with Gasteiger partial charge < -0.3 is 15.7 Å². The normalized spacial score (nSPS) is 12.5. The fourth-order valence-corrected chi connectivity index (χ4v) is 1.53. The molecular formula is C11H20N4O2. The van der Waals surface area contributed by atoms with Crippen LogP contribution in [0.15, 0.2) is 12.4 Å². The molecule has 96 valence electrons. The predicted molar refractivity (Wildman–Crippen MR) is 65.7 cm³/mol. The van der Waals surface area contributed by atoms with E-state index in [1.54, 1.807) is 24.1 Å². The molecule has 0 aliphatic rings. The van der Waals surface area contributed by atoms with E-state index in [9.17, 15) is 4.79 Å². The van der Waals surface area contributed by atoms with Crippen LogP contribution in [0.5, 0.6) is 0 Å². The fraction of sp³-hybridized carbons (Fsp3) is 0.636. The minimum absolute atomic E-state index is 0.0309. The Balaban J connectivity index is 2.47. The van der Waals surface area contributed by atoms with E-state index in [2.05, 4.69) is 15.7 Å². The largest absolute Gasteiger partial charge is 0.396 e. The number of carbonyl (C=O) groups excluding carboxylic acids is 1. The molecule has 1 heterocycles. The molecule has 17 heavy (non-hydrogen) atoms. The van der Waals surface area contributed by atoms with Crippen molar-refractivity contribution in [1.82, 2.24) is 15.1 Å². The van der Waals surface area contributed by atoms with Crippen molar-refractivity contribution in [2.75, 3.05) is 11.9 Å². The minimum atomic E-state index is -0.273.